The molecule has 0 radical (unpaired) electrons. The summed E-state index contributed by atoms with van der Waals surface area (Å²) in [6.45, 7) is 9.39. The number of nitrogens with zero attached hydrogens (tertiary/aromatic N) is 4. The summed E-state index contributed by atoms with van der Waals surface area (Å²) in [5.41, 5.74) is 0.509. The summed E-state index contributed by atoms with van der Waals surface area (Å²) in [5.74, 6) is 0.372. The van der Waals surface area contributed by atoms with E-state index in [0.29, 0.717) is 31.7 Å². The van der Waals surface area contributed by atoms with Crippen LogP contribution in [0.3, 0.4) is 0 Å². The highest BCUT2D eigenvalue weighted by Crippen LogP contribution is 2.26. The van der Waals surface area contributed by atoms with Crippen LogP contribution in [0.1, 0.15) is 27.7 Å². The highest BCUT2D eigenvalue weighted by Gasteiger charge is 2.26. The molecule has 1 aromatic carbocycles. The van der Waals surface area contributed by atoms with Gasteiger partial charge in [-0.15, -0.1) is 10.2 Å². The number of ether oxygens (including phenoxy) is 1. The highest BCUT2D eigenvalue weighted by molar-refractivity contribution is 7.99. The first kappa shape index (κ1) is 23.7. The Kier molecular flexibility index (Phi) is 7.73. The van der Waals surface area contributed by atoms with E-state index in [1.165, 1.54) is 10.4 Å². The van der Waals surface area contributed by atoms with E-state index in [-0.39, 0.29) is 39.9 Å². The van der Waals surface area contributed by atoms with E-state index in [9.17, 15) is 13.2 Å². The summed E-state index contributed by atoms with van der Waals surface area (Å²) < 4.78 is 38.2. The maximum atomic E-state index is 12.8. The normalized spacial score (nSPS) is 19.7. The molecule has 9 nitrogen and oxygen atoms in total. The molecule has 1 amide bonds. The Bertz CT molecular complexity index is 997. The van der Waals surface area contributed by atoms with Crippen LogP contribution in [0, 0.1) is 0 Å². The molecule has 0 bridgehead atoms. The number of thioether (sulfide) groups is 1. The lowest BCUT2D eigenvalue weighted by Crippen LogP contribution is -2.48. The fourth-order valence-electron chi connectivity index (χ4n) is 3.48. The van der Waals surface area contributed by atoms with Crippen molar-refractivity contribution in [2.24, 2.45) is 0 Å². The van der Waals surface area contributed by atoms with Gasteiger partial charge in [0.05, 0.1) is 22.9 Å². The van der Waals surface area contributed by atoms with E-state index in [2.05, 4.69) is 10.2 Å². The van der Waals surface area contributed by atoms with E-state index < -0.39 is 10.0 Å². The zero-order valence-corrected chi connectivity index (χ0v) is 19.8. The van der Waals surface area contributed by atoms with Crippen LogP contribution in [0.25, 0.3) is 11.5 Å². The van der Waals surface area contributed by atoms with Gasteiger partial charge in [0.25, 0.3) is 5.22 Å². The van der Waals surface area contributed by atoms with Crippen LogP contribution in [0.4, 0.5) is 0 Å². The number of hydrogen-bond donors (Lipinski definition) is 0. The van der Waals surface area contributed by atoms with Gasteiger partial charge in [-0.2, -0.15) is 4.31 Å². The third-order valence-electron chi connectivity index (χ3n) is 4.92. The molecule has 2 aromatic rings. The molecule has 0 saturated carbocycles. The van der Waals surface area contributed by atoms with Crippen LogP contribution < -0.4 is 0 Å². The minimum atomic E-state index is -3.59. The van der Waals surface area contributed by atoms with Gasteiger partial charge < -0.3 is 14.1 Å². The maximum Gasteiger partial charge on any atom is 0.277 e. The Morgan fingerprint density at radius 1 is 1.19 bits per heavy atom. The van der Waals surface area contributed by atoms with Gasteiger partial charge in [-0.3, -0.25) is 4.79 Å². The molecule has 1 aliphatic rings. The van der Waals surface area contributed by atoms with Gasteiger partial charge >= 0.3 is 0 Å². The van der Waals surface area contributed by atoms with Gasteiger partial charge in [0.1, 0.15) is 0 Å². The molecule has 0 spiro atoms. The largest absolute Gasteiger partial charge is 0.411 e. The molecule has 170 valence electrons. The van der Waals surface area contributed by atoms with Crippen LogP contribution in [0.15, 0.2) is 38.8 Å². The number of carbonyl (C=O) groups excluding carboxylic acids is 1. The average molecular weight is 469 g/mol. The summed E-state index contributed by atoms with van der Waals surface area (Å²) >= 11 is 1.16. The predicted molar refractivity (Wildman–Crippen MR) is 117 cm³/mol. The molecule has 0 N–H and O–H groups in total. The monoisotopic (exact) mass is 468 g/mol. The van der Waals surface area contributed by atoms with Gasteiger partial charge in [-0.1, -0.05) is 31.7 Å². The van der Waals surface area contributed by atoms with Crippen molar-refractivity contribution in [2.75, 3.05) is 31.9 Å². The molecule has 31 heavy (non-hydrogen) atoms. The van der Waals surface area contributed by atoms with E-state index in [1.807, 2.05) is 13.8 Å². The van der Waals surface area contributed by atoms with E-state index >= 15 is 0 Å². The number of amides is 1. The van der Waals surface area contributed by atoms with Crippen molar-refractivity contribution in [1.82, 2.24) is 19.4 Å². The van der Waals surface area contributed by atoms with Crippen LogP contribution in [0.2, 0.25) is 0 Å². The number of hydrogen-bond acceptors (Lipinski definition) is 8. The molecule has 1 saturated heterocycles. The van der Waals surface area contributed by atoms with E-state index in [4.69, 9.17) is 9.15 Å². The maximum absolute atomic E-state index is 12.8. The van der Waals surface area contributed by atoms with Crippen LogP contribution in [-0.2, 0) is 19.6 Å². The minimum absolute atomic E-state index is 0.00704. The van der Waals surface area contributed by atoms with Crippen molar-refractivity contribution in [3.05, 3.63) is 24.3 Å². The molecular weight excluding hydrogens is 440 g/mol. The minimum Gasteiger partial charge on any atom is -0.411 e. The molecule has 1 aliphatic heterocycles. The first-order chi connectivity index (χ1) is 14.7. The summed E-state index contributed by atoms with van der Waals surface area (Å²) in [7, 11) is -3.59. The Balaban J connectivity index is 1.68. The van der Waals surface area contributed by atoms with Crippen molar-refractivity contribution in [1.29, 1.82) is 0 Å². The molecule has 2 heterocycles. The second kappa shape index (κ2) is 10.1. The van der Waals surface area contributed by atoms with Gasteiger partial charge in [0, 0.05) is 31.7 Å². The molecule has 2 atom stereocenters. The second-order valence-electron chi connectivity index (χ2n) is 7.33. The van der Waals surface area contributed by atoms with Gasteiger partial charge in [0.2, 0.25) is 21.8 Å². The molecule has 0 aliphatic carbocycles. The quantitative estimate of drug-likeness (QED) is 0.544. The molecule has 1 fully saturated rings. The van der Waals surface area contributed by atoms with Crippen molar-refractivity contribution < 1.29 is 22.4 Å². The summed E-state index contributed by atoms with van der Waals surface area (Å²) in [6.07, 6.45) is 0.0141. The zero-order chi connectivity index (χ0) is 22.6. The number of aromatic nitrogens is 2. The fraction of sp³-hybridized carbons (Fsp3) is 0.550. The Morgan fingerprint density at radius 2 is 1.87 bits per heavy atom. The molecule has 3 rings (SSSR count). The predicted octanol–water partition coefficient (Wildman–Crippen LogP) is 2.50. The zero-order valence-electron chi connectivity index (χ0n) is 18.1. The van der Waals surface area contributed by atoms with Gasteiger partial charge in [-0.25, -0.2) is 8.42 Å². The van der Waals surface area contributed by atoms with Crippen molar-refractivity contribution >= 4 is 27.7 Å². The topological polar surface area (TPSA) is 106 Å². The molecule has 11 heteroatoms. The summed E-state index contributed by atoms with van der Waals surface area (Å²) in [5, 5.41) is 8.27. The summed E-state index contributed by atoms with van der Waals surface area (Å²) in [4.78, 5) is 14.5. The molecule has 2 unspecified atom stereocenters. The van der Waals surface area contributed by atoms with Crippen molar-refractivity contribution in [2.45, 2.75) is 50.0 Å². The van der Waals surface area contributed by atoms with Crippen LogP contribution in [-0.4, -0.2) is 77.9 Å². The van der Waals surface area contributed by atoms with Crippen molar-refractivity contribution in [3.63, 3.8) is 0 Å². The highest BCUT2D eigenvalue weighted by atomic mass is 32.2. The third-order valence-corrected chi connectivity index (χ3v) is 7.77. The number of carbonyl (C=O) groups is 1. The van der Waals surface area contributed by atoms with Crippen LogP contribution in [0.5, 0.6) is 0 Å². The lowest BCUT2D eigenvalue weighted by molar-refractivity contribution is -0.140. The first-order valence-electron chi connectivity index (χ1n) is 10.2. The molecular formula is C20H28N4O5S2. The van der Waals surface area contributed by atoms with Crippen molar-refractivity contribution in [3.8, 4) is 11.5 Å². The average Bonchev–Trinajstić information content (AvgIpc) is 3.21. The number of sulfonamides is 1. The summed E-state index contributed by atoms with van der Waals surface area (Å²) in [6, 6.07) is 6.43. The van der Waals surface area contributed by atoms with E-state index in [1.54, 1.807) is 36.9 Å². The smallest absolute Gasteiger partial charge is 0.277 e. The lowest BCUT2D eigenvalue weighted by Gasteiger charge is -2.35. The standard InChI is InChI=1S/C20H28N4O5S2/c1-5-24(6-2)31(26,27)17-9-7-8-16(10-17)19-21-22-20(29-19)30-13-18(25)23-11-14(3)28-15(4)12-23/h7-10,14-15H,5-6,11-13H2,1-4H3. The first-order valence-corrected chi connectivity index (χ1v) is 12.7. The lowest BCUT2D eigenvalue weighted by atomic mass is 10.2. The number of benzene rings is 1. The Labute approximate surface area is 187 Å². The second-order valence-corrected chi connectivity index (χ2v) is 10.2. The number of rotatable bonds is 8. The van der Waals surface area contributed by atoms with Crippen LogP contribution >= 0.6 is 11.8 Å². The Hall–Kier alpha value is -1.95. The SMILES string of the molecule is CCN(CC)S(=O)(=O)c1cccc(-c2nnc(SCC(=O)N3CC(C)OC(C)C3)o2)c1. The van der Waals surface area contributed by atoms with Gasteiger partial charge in [0.15, 0.2) is 0 Å². The van der Waals surface area contributed by atoms with E-state index in [0.717, 1.165) is 11.8 Å². The fourth-order valence-corrected chi connectivity index (χ4v) is 5.65. The number of morpholine rings is 1. The third kappa shape index (κ3) is 5.65. The Morgan fingerprint density at radius 3 is 2.52 bits per heavy atom. The molecule has 1 aromatic heterocycles. The van der Waals surface area contributed by atoms with Gasteiger partial charge in [-0.05, 0) is 32.0 Å².